The first-order valence-electron chi connectivity index (χ1n) is 6.10. The largest absolute Gasteiger partial charge is 0.336 e. The van der Waals surface area contributed by atoms with E-state index in [0.29, 0.717) is 18.0 Å². The highest BCUT2D eigenvalue weighted by Crippen LogP contribution is 2.27. The second-order valence-electron chi connectivity index (χ2n) is 4.95. The van der Waals surface area contributed by atoms with Crippen molar-refractivity contribution < 1.29 is 9.18 Å². The quantitative estimate of drug-likeness (QED) is 0.624. The lowest BCUT2D eigenvalue weighted by Gasteiger charge is -2.22. The second kappa shape index (κ2) is 4.94. The first-order chi connectivity index (χ1) is 8.54. The van der Waals surface area contributed by atoms with Gasteiger partial charge in [-0.25, -0.2) is 4.39 Å². The number of nitrogen functional groups attached to an aromatic ring is 1. The summed E-state index contributed by atoms with van der Waals surface area (Å²) in [5, 5.41) is 0. The normalized spacial score (nSPS) is 23.2. The number of hydrogen-bond acceptors (Lipinski definition) is 3. The second-order valence-corrected chi connectivity index (χ2v) is 4.95. The van der Waals surface area contributed by atoms with E-state index in [9.17, 15) is 9.18 Å². The van der Waals surface area contributed by atoms with Crippen LogP contribution in [0.15, 0.2) is 18.2 Å². The molecule has 0 saturated carbocycles. The number of halogens is 1. The smallest absolute Gasteiger partial charge is 0.256 e. The molecule has 98 valence electrons. The molecule has 1 fully saturated rings. The highest BCUT2D eigenvalue weighted by Gasteiger charge is 2.31. The highest BCUT2D eigenvalue weighted by molar-refractivity contribution is 6.00. The number of hydrazine groups is 1. The van der Waals surface area contributed by atoms with Gasteiger partial charge in [-0.1, -0.05) is 13.0 Å². The summed E-state index contributed by atoms with van der Waals surface area (Å²) in [5.74, 6) is 5.09. The van der Waals surface area contributed by atoms with Crippen LogP contribution in [0.3, 0.4) is 0 Å². The molecule has 0 aromatic heterocycles. The van der Waals surface area contributed by atoms with Crippen LogP contribution in [0, 0.1) is 11.7 Å². The number of nitrogens with two attached hydrogens (primary N) is 1. The van der Waals surface area contributed by atoms with Gasteiger partial charge in [-0.15, -0.1) is 0 Å². The third kappa shape index (κ3) is 2.18. The Morgan fingerprint density at radius 2 is 2.22 bits per heavy atom. The van der Waals surface area contributed by atoms with Crippen molar-refractivity contribution >= 4 is 11.6 Å². The molecule has 0 radical (unpaired) electrons. The number of hydrogen-bond donors (Lipinski definition) is 2. The van der Waals surface area contributed by atoms with Gasteiger partial charge in [-0.2, -0.15) is 0 Å². The fourth-order valence-electron chi connectivity index (χ4n) is 2.59. The molecule has 1 heterocycles. The van der Waals surface area contributed by atoms with E-state index in [1.165, 1.54) is 12.1 Å². The van der Waals surface area contributed by atoms with Gasteiger partial charge in [0.2, 0.25) is 0 Å². The zero-order valence-corrected chi connectivity index (χ0v) is 10.6. The van der Waals surface area contributed by atoms with Crippen molar-refractivity contribution in [2.75, 3.05) is 12.0 Å². The number of para-hydroxylation sites is 1. The average molecular weight is 251 g/mol. The lowest BCUT2D eigenvalue weighted by molar-refractivity contribution is 0.0744. The molecule has 2 unspecified atom stereocenters. The average Bonchev–Trinajstić information content (AvgIpc) is 2.67. The molecule has 1 amide bonds. The van der Waals surface area contributed by atoms with E-state index in [4.69, 9.17) is 5.84 Å². The Bertz CT molecular complexity index is 464. The van der Waals surface area contributed by atoms with Crippen LogP contribution in [-0.4, -0.2) is 23.4 Å². The van der Waals surface area contributed by atoms with Gasteiger partial charge in [0.05, 0.1) is 11.3 Å². The molecule has 1 saturated heterocycles. The fourth-order valence-corrected chi connectivity index (χ4v) is 2.59. The Kier molecular flexibility index (Phi) is 3.52. The predicted molar refractivity (Wildman–Crippen MR) is 68.5 cm³/mol. The lowest BCUT2D eigenvalue weighted by atomic mass is 10.1. The van der Waals surface area contributed by atoms with Crippen molar-refractivity contribution in [3.05, 3.63) is 29.6 Å². The summed E-state index contributed by atoms with van der Waals surface area (Å²) in [5.41, 5.74) is 2.63. The van der Waals surface area contributed by atoms with Gasteiger partial charge in [0.1, 0.15) is 5.82 Å². The minimum absolute atomic E-state index is 0.0641. The number of carbonyl (C=O) groups is 1. The molecule has 4 nitrogen and oxygen atoms in total. The first-order valence-corrected chi connectivity index (χ1v) is 6.10. The number of carbonyl (C=O) groups excluding carboxylic acids is 1. The molecule has 0 bridgehead atoms. The summed E-state index contributed by atoms with van der Waals surface area (Å²) in [7, 11) is 0. The van der Waals surface area contributed by atoms with Crippen molar-refractivity contribution in [2.24, 2.45) is 11.8 Å². The Morgan fingerprint density at radius 1 is 1.50 bits per heavy atom. The molecule has 3 N–H and O–H groups in total. The number of amides is 1. The van der Waals surface area contributed by atoms with Gasteiger partial charge in [-0.05, 0) is 31.4 Å². The van der Waals surface area contributed by atoms with E-state index in [0.717, 1.165) is 6.42 Å². The van der Waals surface area contributed by atoms with Crippen molar-refractivity contribution in [1.29, 1.82) is 0 Å². The van der Waals surface area contributed by atoms with Gasteiger partial charge in [0, 0.05) is 12.6 Å². The molecule has 0 aliphatic carbocycles. The standard InChI is InChI=1S/C13H18FN3O/c1-8-6-9(2)17(7-8)13(18)10-4-3-5-11(14)12(10)16-15/h3-5,8-9,16H,6-7,15H2,1-2H3. The molecule has 18 heavy (non-hydrogen) atoms. The molecule has 5 heteroatoms. The summed E-state index contributed by atoms with van der Waals surface area (Å²) < 4.78 is 13.6. The maximum Gasteiger partial charge on any atom is 0.256 e. The molecule has 1 aliphatic heterocycles. The van der Waals surface area contributed by atoms with Gasteiger partial charge in [0.25, 0.3) is 5.91 Å². The Balaban J connectivity index is 2.32. The number of benzene rings is 1. The zero-order valence-electron chi connectivity index (χ0n) is 10.6. The van der Waals surface area contributed by atoms with Gasteiger partial charge in [-0.3, -0.25) is 10.6 Å². The molecule has 1 aliphatic rings. The van der Waals surface area contributed by atoms with Gasteiger partial charge < -0.3 is 10.3 Å². The van der Waals surface area contributed by atoms with Gasteiger partial charge in [0.15, 0.2) is 0 Å². The van der Waals surface area contributed by atoms with Crippen molar-refractivity contribution in [3.8, 4) is 0 Å². The van der Waals surface area contributed by atoms with E-state index < -0.39 is 5.82 Å². The predicted octanol–water partition coefficient (Wildman–Crippen LogP) is 1.98. The molecule has 1 aromatic carbocycles. The summed E-state index contributed by atoms with van der Waals surface area (Å²) in [4.78, 5) is 14.2. The van der Waals surface area contributed by atoms with Crippen LogP contribution < -0.4 is 11.3 Å². The van der Waals surface area contributed by atoms with Crippen LogP contribution in [0.4, 0.5) is 10.1 Å². The molecule has 2 rings (SSSR count). The highest BCUT2D eigenvalue weighted by atomic mass is 19.1. The maximum absolute atomic E-state index is 13.6. The molecular formula is C13H18FN3O. The van der Waals surface area contributed by atoms with E-state index >= 15 is 0 Å². The van der Waals surface area contributed by atoms with E-state index in [2.05, 4.69) is 12.3 Å². The lowest BCUT2D eigenvalue weighted by Crippen LogP contribution is -2.34. The molecule has 1 aromatic rings. The van der Waals surface area contributed by atoms with Crippen molar-refractivity contribution in [2.45, 2.75) is 26.3 Å². The van der Waals surface area contributed by atoms with E-state index in [1.54, 1.807) is 11.0 Å². The number of anilines is 1. The molecular weight excluding hydrogens is 233 g/mol. The fraction of sp³-hybridized carbons (Fsp3) is 0.462. The van der Waals surface area contributed by atoms with Crippen LogP contribution in [0.25, 0.3) is 0 Å². The van der Waals surface area contributed by atoms with Crippen LogP contribution >= 0.6 is 0 Å². The van der Waals surface area contributed by atoms with Crippen molar-refractivity contribution in [1.82, 2.24) is 4.90 Å². The van der Waals surface area contributed by atoms with E-state index in [-0.39, 0.29) is 17.6 Å². The Hall–Kier alpha value is -1.62. The topological polar surface area (TPSA) is 58.4 Å². The minimum Gasteiger partial charge on any atom is -0.336 e. The Morgan fingerprint density at radius 3 is 2.78 bits per heavy atom. The summed E-state index contributed by atoms with van der Waals surface area (Å²) >= 11 is 0. The SMILES string of the molecule is CC1CC(C)N(C(=O)c2cccc(F)c2NN)C1. The minimum atomic E-state index is -0.511. The summed E-state index contributed by atoms with van der Waals surface area (Å²) in [6.45, 7) is 4.83. The monoisotopic (exact) mass is 251 g/mol. The summed E-state index contributed by atoms with van der Waals surface area (Å²) in [6, 6.07) is 4.58. The maximum atomic E-state index is 13.6. The third-order valence-electron chi connectivity index (χ3n) is 3.43. The number of nitrogens with one attached hydrogen (secondary N) is 1. The van der Waals surface area contributed by atoms with Crippen molar-refractivity contribution in [3.63, 3.8) is 0 Å². The first kappa shape index (κ1) is 12.8. The zero-order chi connectivity index (χ0) is 13.3. The van der Waals surface area contributed by atoms with Crippen LogP contribution in [0.2, 0.25) is 0 Å². The van der Waals surface area contributed by atoms with Crippen LogP contribution in [-0.2, 0) is 0 Å². The third-order valence-corrected chi connectivity index (χ3v) is 3.43. The number of likely N-dealkylation sites (tertiary alicyclic amines) is 1. The number of nitrogens with zero attached hydrogens (tertiary/aromatic N) is 1. The molecule has 0 spiro atoms. The number of rotatable bonds is 2. The van der Waals surface area contributed by atoms with Crippen LogP contribution in [0.5, 0.6) is 0 Å². The Labute approximate surface area is 106 Å². The van der Waals surface area contributed by atoms with Gasteiger partial charge >= 0.3 is 0 Å². The van der Waals surface area contributed by atoms with E-state index in [1.807, 2.05) is 6.92 Å². The molecule has 2 atom stereocenters. The summed E-state index contributed by atoms with van der Waals surface area (Å²) in [6.07, 6.45) is 0.979. The van der Waals surface area contributed by atoms with Crippen LogP contribution in [0.1, 0.15) is 30.6 Å².